The van der Waals surface area contributed by atoms with Crippen molar-refractivity contribution in [3.63, 3.8) is 0 Å². The minimum absolute atomic E-state index is 0.0167. The van der Waals surface area contributed by atoms with E-state index in [2.05, 4.69) is 15.6 Å². The molecule has 0 fully saturated rings. The van der Waals surface area contributed by atoms with Crippen LogP contribution in [0.5, 0.6) is 0 Å². The van der Waals surface area contributed by atoms with Crippen LogP contribution in [0.4, 0.5) is 23.4 Å². The second kappa shape index (κ2) is 11.0. The van der Waals surface area contributed by atoms with Crippen LogP contribution in [-0.4, -0.2) is 16.8 Å². The Morgan fingerprint density at radius 1 is 0.750 bits per heavy atom. The maximum absolute atomic E-state index is 14.1. The van der Waals surface area contributed by atoms with Crippen molar-refractivity contribution in [2.75, 3.05) is 5.32 Å². The van der Waals surface area contributed by atoms with E-state index >= 15 is 0 Å². The normalized spacial score (nSPS) is 11.3. The van der Waals surface area contributed by atoms with Gasteiger partial charge in [-0.1, -0.05) is 66.7 Å². The molecular weight excluding hydrogens is 522 g/mol. The lowest BCUT2D eigenvalue weighted by Crippen LogP contribution is -2.26. The predicted octanol–water partition coefficient (Wildman–Crippen LogP) is 7.24. The van der Waals surface area contributed by atoms with Crippen LogP contribution in [-0.2, 0) is 12.7 Å². The Labute approximate surface area is 226 Å². The van der Waals surface area contributed by atoms with E-state index in [9.17, 15) is 27.2 Å². The van der Waals surface area contributed by atoms with Crippen LogP contribution in [0.15, 0.2) is 103 Å². The standard InChI is InChI=1S/C31H21F4N3O2/c32-26-11-5-1-8-21(26)18-36-29(39)25-17-20-7-2-6-12-27(20)37-28(25)38-30(40)24-10-4-3-9-23(24)19-13-15-22(16-14-19)31(33,34)35/h1-17H,18H2,(H,36,39)(H,37,38,40). The van der Waals surface area contributed by atoms with Gasteiger partial charge in [-0.3, -0.25) is 9.59 Å². The van der Waals surface area contributed by atoms with Crippen LogP contribution in [0, 0.1) is 5.82 Å². The molecule has 5 aromatic rings. The van der Waals surface area contributed by atoms with Gasteiger partial charge in [-0.15, -0.1) is 0 Å². The maximum Gasteiger partial charge on any atom is 0.416 e. The average Bonchev–Trinajstić information content (AvgIpc) is 2.96. The summed E-state index contributed by atoms with van der Waals surface area (Å²) in [6.45, 7) is -0.0809. The van der Waals surface area contributed by atoms with Crippen LogP contribution in [0.1, 0.15) is 31.8 Å². The summed E-state index contributed by atoms with van der Waals surface area (Å²) in [5.74, 6) is -1.67. The summed E-state index contributed by atoms with van der Waals surface area (Å²) in [4.78, 5) is 31.1. The molecule has 4 aromatic carbocycles. The van der Waals surface area contributed by atoms with Crippen molar-refractivity contribution in [2.24, 2.45) is 0 Å². The highest BCUT2D eigenvalue weighted by atomic mass is 19.4. The number of hydrogen-bond donors (Lipinski definition) is 2. The number of halogens is 4. The number of pyridine rings is 1. The highest BCUT2D eigenvalue weighted by molar-refractivity contribution is 6.12. The number of aromatic nitrogens is 1. The number of alkyl halides is 3. The van der Waals surface area contributed by atoms with Crippen molar-refractivity contribution in [2.45, 2.75) is 12.7 Å². The third-order valence-electron chi connectivity index (χ3n) is 6.29. The molecule has 0 aliphatic heterocycles. The van der Waals surface area contributed by atoms with Crippen LogP contribution >= 0.6 is 0 Å². The number of anilines is 1. The van der Waals surface area contributed by atoms with Gasteiger partial charge in [0.1, 0.15) is 11.6 Å². The summed E-state index contributed by atoms with van der Waals surface area (Å²) in [6.07, 6.45) is -4.49. The Kier molecular flexibility index (Phi) is 7.29. The molecule has 0 aliphatic rings. The number of fused-ring (bicyclic) bond motifs is 1. The van der Waals surface area contributed by atoms with Crippen LogP contribution < -0.4 is 10.6 Å². The molecule has 0 aliphatic carbocycles. The first-order valence-corrected chi connectivity index (χ1v) is 12.2. The highest BCUT2D eigenvalue weighted by Gasteiger charge is 2.30. The first-order valence-electron chi connectivity index (χ1n) is 12.2. The summed E-state index contributed by atoms with van der Waals surface area (Å²) in [6, 6.07) is 25.6. The van der Waals surface area contributed by atoms with Crippen molar-refractivity contribution in [3.05, 3.63) is 131 Å². The van der Waals surface area contributed by atoms with E-state index in [1.54, 1.807) is 66.7 Å². The largest absolute Gasteiger partial charge is 0.416 e. The molecule has 0 saturated carbocycles. The van der Waals surface area contributed by atoms with Crippen LogP contribution in [0.3, 0.4) is 0 Å². The first-order chi connectivity index (χ1) is 19.2. The summed E-state index contributed by atoms with van der Waals surface area (Å²) in [5, 5.41) is 6.01. The molecule has 2 amide bonds. The molecule has 9 heteroatoms. The summed E-state index contributed by atoms with van der Waals surface area (Å²) in [5.41, 5.74) is 1.07. The molecule has 0 saturated heterocycles. The number of para-hydroxylation sites is 1. The maximum atomic E-state index is 14.1. The summed E-state index contributed by atoms with van der Waals surface area (Å²) < 4.78 is 53.2. The molecular formula is C31H21F4N3O2. The highest BCUT2D eigenvalue weighted by Crippen LogP contribution is 2.32. The van der Waals surface area contributed by atoms with Gasteiger partial charge in [-0.25, -0.2) is 9.37 Å². The first kappa shape index (κ1) is 26.6. The monoisotopic (exact) mass is 543 g/mol. The second-order valence-corrected chi connectivity index (χ2v) is 8.93. The molecule has 40 heavy (non-hydrogen) atoms. The topological polar surface area (TPSA) is 71.1 Å². The van der Waals surface area contributed by atoms with E-state index in [1.807, 2.05) is 0 Å². The van der Waals surface area contributed by atoms with Crippen molar-refractivity contribution in [1.82, 2.24) is 10.3 Å². The Hall–Kier alpha value is -5.05. The predicted molar refractivity (Wildman–Crippen MR) is 144 cm³/mol. The number of carbonyl (C=O) groups excluding carboxylic acids is 2. The molecule has 5 rings (SSSR count). The fourth-order valence-electron chi connectivity index (χ4n) is 4.24. The molecule has 0 spiro atoms. The third kappa shape index (κ3) is 5.68. The minimum Gasteiger partial charge on any atom is -0.348 e. The number of benzene rings is 4. The van der Waals surface area contributed by atoms with Crippen molar-refractivity contribution < 1.29 is 27.2 Å². The third-order valence-corrected chi connectivity index (χ3v) is 6.29. The van der Waals surface area contributed by atoms with Gasteiger partial charge >= 0.3 is 6.18 Å². The van der Waals surface area contributed by atoms with Gasteiger partial charge in [-0.2, -0.15) is 13.2 Å². The van der Waals surface area contributed by atoms with E-state index < -0.39 is 29.4 Å². The zero-order valence-corrected chi connectivity index (χ0v) is 20.8. The number of nitrogens with zero attached hydrogens (tertiary/aromatic N) is 1. The Balaban J connectivity index is 1.46. The number of hydrogen-bond acceptors (Lipinski definition) is 3. The lowest BCUT2D eigenvalue weighted by atomic mass is 9.98. The Bertz CT molecular complexity index is 1720. The number of rotatable bonds is 6. The summed E-state index contributed by atoms with van der Waals surface area (Å²) in [7, 11) is 0. The van der Waals surface area contributed by atoms with Crippen LogP contribution in [0.2, 0.25) is 0 Å². The number of carbonyl (C=O) groups is 2. The molecule has 0 unspecified atom stereocenters. The van der Waals surface area contributed by atoms with Crippen molar-refractivity contribution >= 4 is 28.5 Å². The minimum atomic E-state index is -4.49. The van der Waals surface area contributed by atoms with Gasteiger partial charge in [0.15, 0.2) is 0 Å². The lowest BCUT2D eigenvalue weighted by molar-refractivity contribution is -0.137. The molecule has 5 nitrogen and oxygen atoms in total. The van der Waals surface area contributed by atoms with Gasteiger partial charge in [0.2, 0.25) is 0 Å². The number of amides is 2. The van der Waals surface area contributed by atoms with Crippen molar-refractivity contribution in [3.8, 4) is 11.1 Å². The van der Waals surface area contributed by atoms with E-state index in [1.165, 1.54) is 24.3 Å². The molecule has 1 aromatic heterocycles. The fourth-order valence-corrected chi connectivity index (χ4v) is 4.24. The zero-order valence-electron chi connectivity index (χ0n) is 20.8. The molecule has 1 heterocycles. The smallest absolute Gasteiger partial charge is 0.348 e. The molecule has 200 valence electrons. The lowest BCUT2D eigenvalue weighted by Gasteiger charge is -2.15. The van der Waals surface area contributed by atoms with E-state index in [-0.39, 0.29) is 23.5 Å². The van der Waals surface area contributed by atoms with Gasteiger partial charge < -0.3 is 10.6 Å². The van der Waals surface area contributed by atoms with E-state index in [0.717, 1.165) is 12.1 Å². The van der Waals surface area contributed by atoms with Gasteiger partial charge in [0.05, 0.1) is 16.6 Å². The molecule has 2 N–H and O–H groups in total. The van der Waals surface area contributed by atoms with Gasteiger partial charge in [-0.05, 0) is 47.5 Å². The summed E-state index contributed by atoms with van der Waals surface area (Å²) >= 11 is 0. The van der Waals surface area contributed by atoms with E-state index in [0.29, 0.717) is 27.6 Å². The van der Waals surface area contributed by atoms with Gasteiger partial charge in [0, 0.05) is 23.1 Å². The van der Waals surface area contributed by atoms with Crippen molar-refractivity contribution in [1.29, 1.82) is 0 Å². The van der Waals surface area contributed by atoms with Crippen LogP contribution in [0.25, 0.3) is 22.0 Å². The molecule has 0 radical (unpaired) electrons. The SMILES string of the molecule is O=C(Nc1nc2ccccc2cc1C(=O)NCc1ccccc1F)c1ccccc1-c1ccc(C(F)(F)F)cc1. The Morgan fingerprint density at radius 2 is 1.43 bits per heavy atom. The quantitative estimate of drug-likeness (QED) is 0.222. The molecule has 0 atom stereocenters. The number of nitrogens with one attached hydrogen (secondary N) is 2. The molecule has 0 bridgehead atoms. The second-order valence-electron chi connectivity index (χ2n) is 8.93. The fraction of sp³-hybridized carbons (Fsp3) is 0.0645. The van der Waals surface area contributed by atoms with E-state index in [4.69, 9.17) is 0 Å². The van der Waals surface area contributed by atoms with Gasteiger partial charge in [0.25, 0.3) is 11.8 Å². The zero-order chi connectivity index (χ0) is 28.3. The average molecular weight is 544 g/mol. The Morgan fingerprint density at radius 3 is 2.17 bits per heavy atom.